The van der Waals surface area contributed by atoms with Gasteiger partial charge in [0, 0.05) is 12.4 Å². The molecule has 0 aromatic heterocycles. The van der Waals surface area contributed by atoms with Gasteiger partial charge in [-0.3, -0.25) is 0 Å². The van der Waals surface area contributed by atoms with Crippen LogP contribution in [0.25, 0.3) is 0 Å². The lowest BCUT2D eigenvalue weighted by Gasteiger charge is -2.29. The smallest absolute Gasteiger partial charge is 0.0835 e. The largest absolute Gasteiger partial charge is 0.550 e. The van der Waals surface area contributed by atoms with Gasteiger partial charge in [-0.05, 0) is 25.7 Å². The number of rotatable bonds is 13. The van der Waals surface area contributed by atoms with E-state index in [0.717, 1.165) is 23.9 Å². The summed E-state index contributed by atoms with van der Waals surface area (Å²) in [6.07, 6.45) is 14.8. The molecule has 0 bridgehead atoms. The second-order valence-electron chi connectivity index (χ2n) is 6.32. The lowest BCUT2D eigenvalue weighted by Crippen LogP contribution is -2.43. The van der Waals surface area contributed by atoms with Crippen molar-refractivity contribution in [3.8, 4) is 0 Å². The highest BCUT2D eigenvalue weighted by atomic mass is 16.4. The Hall–Kier alpha value is -0.830. The molecule has 0 aromatic rings. The molecular weight excluding hydrogens is 250 g/mol. The van der Waals surface area contributed by atoms with Crippen LogP contribution < -0.4 is 5.11 Å². The number of allylic oxidation sites excluding steroid dienone is 2. The number of carbonyl (C=O) groups excluding carboxylic acids is 1. The molecule has 3 nitrogen and oxygen atoms in total. The van der Waals surface area contributed by atoms with Crippen LogP contribution in [-0.4, -0.2) is 37.6 Å². The van der Waals surface area contributed by atoms with Crippen molar-refractivity contribution in [2.75, 3.05) is 27.2 Å². The van der Waals surface area contributed by atoms with Gasteiger partial charge < -0.3 is 14.4 Å². The van der Waals surface area contributed by atoms with Gasteiger partial charge in [-0.1, -0.05) is 44.8 Å². The van der Waals surface area contributed by atoms with E-state index in [1.165, 1.54) is 38.5 Å². The van der Waals surface area contributed by atoms with Gasteiger partial charge in [0.25, 0.3) is 0 Å². The Kier molecular flexibility index (Phi) is 11.5. The normalized spacial score (nSPS) is 12.2. The van der Waals surface area contributed by atoms with Crippen molar-refractivity contribution >= 4 is 5.97 Å². The molecule has 0 atom stereocenters. The topological polar surface area (TPSA) is 40.1 Å². The van der Waals surface area contributed by atoms with E-state index < -0.39 is 5.97 Å². The fourth-order valence-electron chi connectivity index (χ4n) is 2.24. The summed E-state index contributed by atoms with van der Waals surface area (Å²) in [6, 6.07) is 0. The predicted octanol–water partition coefficient (Wildman–Crippen LogP) is 2.90. The van der Waals surface area contributed by atoms with Gasteiger partial charge in [-0.2, -0.15) is 0 Å². The van der Waals surface area contributed by atoms with Crippen LogP contribution in [0.15, 0.2) is 12.2 Å². The van der Waals surface area contributed by atoms with Gasteiger partial charge in [0.1, 0.15) is 0 Å². The Bertz CT molecular complexity index is 272. The molecule has 0 radical (unpaired) electrons. The van der Waals surface area contributed by atoms with Gasteiger partial charge in [0.2, 0.25) is 0 Å². The number of carboxylic acid groups (broad SMARTS) is 1. The van der Waals surface area contributed by atoms with Gasteiger partial charge >= 0.3 is 0 Å². The third-order valence-corrected chi connectivity index (χ3v) is 3.70. The molecule has 0 aliphatic heterocycles. The minimum absolute atomic E-state index is 0.153. The Balaban J connectivity index is 3.47. The maximum Gasteiger partial charge on any atom is 0.0835 e. The molecule has 0 aromatic carbocycles. The average molecular weight is 283 g/mol. The maximum atomic E-state index is 10.5. The fourth-order valence-corrected chi connectivity index (χ4v) is 2.24. The second kappa shape index (κ2) is 12.0. The van der Waals surface area contributed by atoms with Crippen molar-refractivity contribution in [1.82, 2.24) is 0 Å². The number of nitrogens with zero attached hydrogens (tertiary/aromatic N) is 1. The molecular formula is C17H33NO2. The van der Waals surface area contributed by atoms with E-state index in [0.29, 0.717) is 6.54 Å². The first-order chi connectivity index (χ1) is 9.48. The quantitative estimate of drug-likeness (QED) is 0.296. The summed E-state index contributed by atoms with van der Waals surface area (Å²) in [5.74, 6) is -0.945. The van der Waals surface area contributed by atoms with Crippen molar-refractivity contribution in [3.05, 3.63) is 12.2 Å². The first kappa shape index (κ1) is 19.2. The van der Waals surface area contributed by atoms with E-state index in [2.05, 4.69) is 33.2 Å². The molecule has 0 fully saturated rings. The zero-order chi connectivity index (χ0) is 15.3. The van der Waals surface area contributed by atoms with Crippen molar-refractivity contribution in [2.45, 2.75) is 64.7 Å². The minimum atomic E-state index is -0.945. The number of quaternary nitrogens is 1. The van der Waals surface area contributed by atoms with E-state index >= 15 is 0 Å². The summed E-state index contributed by atoms with van der Waals surface area (Å²) in [5, 5.41) is 10.5. The van der Waals surface area contributed by atoms with Crippen LogP contribution in [0.2, 0.25) is 0 Å². The molecule has 0 saturated carbocycles. The monoisotopic (exact) mass is 283 g/mol. The van der Waals surface area contributed by atoms with Crippen molar-refractivity contribution in [1.29, 1.82) is 0 Å². The van der Waals surface area contributed by atoms with Crippen LogP contribution in [0, 0.1) is 0 Å². The van der Waals surface area contributed by atoms with Crippen LogP contribution in [0.4, 0.5) is 0 Å². The molecule has 20 heavy (non-hydrogen) atoms. The number of aliphatic carboxylic acids is 1. The average Bonchev–Trinajstić information content (AvgIpc) is 2.39. The molecule has 0 unspecified atom stereocenters. The van der Waals surface area contributed by atoms with Crippen molar-refractivity contribution in [3.63, 3.8) is 0 Å². The molecule has 0 saturated heterocycles. The Morgan fingerprint density at radius 1 is 0.950 bits per heavy atom. The van der Waals surface area contributed by atoms with Crippen molar-refractivity contribution < 1.29 is 14.4 Å². The van der Waals surface area contributed by atoms with Crippen LogP contribution in [0.3, 0.4) is 0 Å². The Morgan fingerprint density at radius 3 is 2.15 bits per heavy atom. The summed E-state index contributed by atoms with van der Waals surface area (Å²) >= 11 is 0. The minimum Gasteiger partial charge on any atom is -0.550 e. The van der Waals surface area contributed by atoms with Crippen molar-refractivity contribution in [2.24, 2.45) is 0 Å². The molecule has 0 heterocycles. The van der Waals surface area contributed by atoms with Gasteiger partial charge in [0.15, 0.2) is 0 Å². The molecule has 0 aliphatic carbocycles. The lowest BCUT2D eigenvalue weighted by atomic mass is 10.1. The number of unbranched alkanes of at least 4 members (excludes halogenated alkanes) is 6. The van der Waals surface area contributed by atoms with Crippen LogP contribution in [0.1, 0.15) is 64.7 Å². The summed E-state index contributed by atoms with van der Waals surface area (Å²) in [6.45, 7) is 3.92. The van der Waals surface area contributed by atoms with Crippen LogP contribution in [-0.2, 0) is 4.79 Å². The molecule has 0 N–H and O–H groups in total. The Labute approximate surface area is 125 Å². The highest BCUT2D eigenvalue weighted by Crippen LogP contribution is 2.07. The van der Waals surface area contributed by atoms with Gasteiger partial charge in [0.05, 0.1) is 27.2 Å². The first-order valence-corrected chi connectivity index (χ1v) is 8.15. The summed E-state index contributed by atoms with van der Waals surface area (Å²) in [5.41, 5.74) is 0. The Morgan fingerprint density at radius 2 is 1.55 bits per heavy atom. The third kappa shape index (κ3) is 13.6. The second-order valence-corrected chi connectivity index (χ2v) is 6.32. The highest BCUT2D eigenvalue weighted by molar-refractivity contribution is 5.64. The van der Waals surface area contributed by atoms with Gasteiger partial charge in [-0.15, -0.1) is 0 Å². The molecule has 0 spiro atoms. The van der Waals surface area contributed by atoms with E-state index in [4.69, 9.17) is 0 Å². The SMILES string of the molecule is CCCCCCC/C=C\CCC[N+](C)(C)CCC(=O)[O-]. The number of carboxylic acids is 1. The maximum absolute atomic E-state index is 10.5. The van der Waals surface area contributed by atoms with Gasteiger partial charge in [-0.25, -0.2) is 0 Å². The fraction of sp³-hybridized carbons (Fsp3) is 0.824. The van der Waals surface area contributed by atoms with E-state index in [9.17, 15) is 9.90 Å². The van der Waals surface area contributed by atoms with Crippen LogP contribution >= 0.6 is 0 Å². The van der Waals surface area contributed by atoms with Crippen LogP contribution in [0.5, 0.6) is 0 Å². The van der Waals surface area contributed by atoms with E-state index in [1.54, 1.807) is 0 Å². The molecule has 0 amide bonds. The molecule has 0 rings (SSSR count). The van der Waals surface area contributed by atoms with E-state index in [-0.39, 0.29) is 6.42 Å². The molecule has 118 valence electrons. The van der Waals surface area contributed by atoms with E-state index in [1.807, 2.05) is 0 Å². The zero-order valence-corrected chi connectivity index (χ0v) is 13.7. The molecule has 3 heteroatoms. The third-order valence-electron chi connectivity index (χ3n) is 3.70. The summed E-state index contributed by atoms with van der Waals surface area (Å²) in [7, 11) is 4.17. The number of hydrogen-bond donors (Lipinski definition) is 0. The number of hydrogen-bond acceptors (Lipinski definition) is 2. The standard InChI is InChI=1S/C17H33NO2/c1-4-5-6-7-8-9-10-11-12-13-15-18(2,3)16-14-17(19)20/h10-11H,4-9,12-16H2,1-3H3/b11-10-. The zero-order valence-electron chi connectivity index (χ0n) is 13.7. The number of carbonyl (C=O) groups is 1. The predicted molar refractivity (Wildman–Crippen MR) is 83.2 cm³/mol. The molecule has 0 aliphatic rings. The summed E-state index contributed by atoms with van der Waals surface area (Å²) < 4.78 is 0.763. The highest BCUT2D eigenvalue weighted by Gasteiger charge is 2.13. The summed E-state index contributed by atoms with van der Waals surface area (Å²) in [4.78, 5) is 10.5. The first-order valence-electron chi connectivity index (χ1n) is 8.15. The lowest BCUT2D eigenvalue weighted by molar-refractivity contribution is -0.890.